The van der Waals surface area contributed by atoms with Crippen molar-refractivity contribution >= 4 is 11.6 Å². The first kappa shape index (κ1) is 13.0. The van der Waals surface area contributed by atoms with Gasteiger partial charge in [0.1, 0.15) is 11.5 Å². The maximum atomic E-state index is 12.4. The van der Waals surface area contributed by atoms with Gasteiger partial charge in [0.25, 0.3) is 5.91 Å². The molecule has 0 bridgehead atoms. The van der Waals surface area contributed by atoms with Crippen LogP contribution in [0.3, 0.4) is 0 Å². The number of phenols is 1. The first-order valence-corrected chi connectivity index (χ1v) is 5.83. The lowest BCUT2D eigenvalue weighted by Gasteiger charge is -2.18. The maximum absolute atomic E-state index is 12.4. The molecule has 1 amide bonds. The van der Waals surface area contributed by atoms with Crippen LogP contribution in [0.5, 0.6) is 11.5 Å². The average Bonchev–Trinajstić information content (AvgIpc) is 2.46. The summed E-state index contributed by atoms with van der Waals surface area (Å²) in [5.74, 6) is 0.545. The minimum atomic E-state index is -0.164. The molecule has 0 aliphatic rings. The highest BCUT2D eigenvalue weighted by Crippen LogP contribution is 2.23. The molecule has 2 aromatic rings. The summed E-state index contributed by atoms with van der Waals surface area (Å²) >= 11 is 0. The lowest BCUT2D eigenvalue weighted by Crippen LogP contribution is -2.26. The number of carbonyl (C=O) groups is 1. The number of ether oxygens (including phenoxy) is 1. The van der Waals surface area contributed by atoms with Crippen molar-refractivity contribution in [3.05, 3.63) is 54.1 Å². The Morgan fingerprint density at radius 1 is 1.11 bits per heavy atom. The third-order valence-corrected chi connectivity index (χ3v) is 2.88. The van der Waals surface area contributed by atoms with Gasteiger partial charge in [0.15, 0.2) is 0 Å². The zero-order valence-corrected chi connectivity index (χ0v) is 10.8. The molecule has 0 saturated carbocycles. The van der Waals surface area contributed by atoms with Gasteiger partial charge < -0.3 is 14.7 Å². The smallest absolute Gasteiger partial charge is 0.261 e. The van der Waals surface area contributed by atoms with Gasteiger partial charge in [-0.3, -0.25) is 4.79 Å². The molecule has 0 heterocycles. The normalized spacial score (nSPS) is 10.0. The van der Waals surface area contributed by atoms with Crippen LogP contribution in [-0.2, 0) is 0 Å². The van der Waals surface area contributed by atoms with Gasteiger partial charge in [0, 0.05) is 12.7 Å². The highest BCUT2D eigenvalue weighted by Gasteiger charge is 2.17. The number of nitrogens with zero attached hydrogens (tertiary/aromatic N) is 1. The van der Waals surface area contributed by atoms with Crippen LogP contribution in [0.25, 0.3) is 0 Å². The quantitative estimate of drug-likeness (QED) is 0.919. The molecule has 0 atom stereocenters. The van der Waals surface area contributed by atoms with Gasteiger partial charge in [-0.2, -0.15) is 0 Å². The molecule has 0 aliphatic heterocycles. The summed E-state index contributed by atoms with van der Waals surface area (Å²) < 4.78 is 5.18. The second-order valence-corrected chi connectivity index (χ2v) is 4.08. The van der Waals surface area contributed by atoms with Crippen molar-refractivity contribution in [3.63, 3.8) is 0 Å². The number of amides is 1. The summed E-state index contributed by atoms with van der Waals surface area (Å²) in [6.07, 6.45) is 0. The molecular formula is C15H15NO3. The van der Waals surface area contributed by atoms with Gasteiger partial charge in [-0.15, -0.1) is 0 Å². The number of rotatable bonds is 3. The second kappa shape index (κ2) is 5.44. The number of phenolic OH excluding ortho intramolecular Hbond substituents is 1. The Labute approximate surface area is 111 Å². The van der Waals surface area contributed by atoms with E-state index < -0.39 is 0 Å². The largest absolute Gasteiger partial charge is 0.508 e. The van der Waals surface area contributed by atoms with Gasteiger partial charge in [0.2, 0.25) is 0 Å². The third-order valence-electron chi connectivity index (χ3n) is 2.88. The third kappa shape index (κ3) is 2.68. The first-order valence-electron chi connectivity index (χ1n) is 5.83. The van der Waals surface area contributed by atoms with E-state index in [2.05, 4.69) is 0 Å². The predicted molar refractivity (Wildman–Crippen MR) is 73.8 cm³/mol. The number of para-hydroxylation sites is 1. The Hall–Kier alpha value is -2.49. The fourth-order valence-corrected chi connectivity index (χ4v) is 1.80. The molecule has 0 spiro atoms. The minimum absolute atomic E-state index is 0.164. The zero-order chi connectivity index (χ0) is 13.8. The van der Waals surface area contributed by atoms with Crippen molar-refractivity contribution in [1.29, 1.82) is 0 Å². The van der Waals surface area contributed by atoms with Crippen molar-refractivity contribution in [2.45, 2.75) is 0 Å². The number of methoxy groups -OCH3 is 1. The highest BCUT2D eigenvalue weighted by molar-refractivity contribution is 6.07. The second-order valence-electron chi connectivity index (χ2n) is 4.08. The molecule has 2 aromatic carbocycles. The minimum Gasteiger partial charge on any atom is -0.508 e. The highest BCUT2D eigenvalue weighted by atomic mass is 16.5. The summed E-state index contributed by atoms with van der Waals surface area (Å²) in [4.78, 5) is 13.9. The molecule has 0 unspecified atom stereocenters. The van der Waals surface area contributed by atoms with E-state index in [4.69, 9.17) is 4.74 Å². The number of hydrogen-bond acceptors (Lipinski definition) is 3. The van der Waals surface area contributed by atoms with Crippen LogP contribution in [0.15, 0.2) is 48.5 Å². The van der Waals surface area contributed by atoms with Gasteiger partial charge in [0.05, 0.1) is 12.7 Å². The molecule has 0 aliphatic carbocycles. The van der Waals surface area contributed by atoms with E-state index >= 15 is 0 Å². The summed E-state index contributed by atoms with van der Waals surface area (Å²) in [5.41, 5.74) is 1.20. The van der Waals surface area contributed by atoms with Gasteiger partial charge in [-0.05, 0) is 36.4 Å². The Balaban J connectivity index is 2.30. The Bertz CT molecular complexity index is 578. The first-order chi connectivity index (χ1) is 9.13. The maximum Gasteiger partial charge on any atom is 0.261 e. The molecule has 2 rings (SSSR count). The monoisotopic (exact) mass is 257 g/mol. The molecule has 4 heteroatoms. The van der Waals surface area contributed by atoms with Gasteiger partial charge in [-0.25, -0.2) is 0 Å². The molecule has 4 nitrogen and oxygen atoms in total. The van der Waals surface area contributed by atoms with Gasteiger partial charge >= 0.3 is 0 Å². The van der Waals surface area contributed by atoms with E-state index in [-0.39, 0.29) is 11.7 Å². The number of benzene rings is 2. The van der Waals surface area contributed by atoms with Crippen molar-refractivity contribution in [1.82, 2.24) is 0 Å². The van der Waals surface area contributed by atoms with E-state index in [1.54, 1.807) is 49.5 Å². The number of aromatic hydroxyl groups is 1. The molecule has 0 saturated heterocycles. The van der Waals surface area contributed by atoms with E-state index in [1.807, 2.05) is 6.07 Å². The standard InChI is InChI=1S/C15H15NO3/c1-16(11-7-9-12(17)10-8-11)15(18)13-5-3-4-6-14(13)19-2/h3-10,17H,1-2H3. The SMILES string of the molecule is COc1ccccc1C(=O)N(C)c1ccc(O)cc1. The predicted octanol–water partition coefficient (Wildman–Crippen LogP) is 2.68. The van der Waals surface area contributed by atoms with Crippen LogP contribution < -0.4 is 9.64 Å². The number of carbonyl (C=O) groups excluding carboxylic acids is 1. The molecule has 0 aromatic heterocycles. The lowest BCUT2D eigenvalue weighted by molar-refractivity contribution is 0.0990. The van der Waals surface area contributed by atoms with Crippen LogP contribution >= 0.6 is 0 Å². The summed E-state index contributed by atoms with van der Waals surface area (Å²) in [5, 5.41) is 9.25. The molecule has 1 N–H and O–H groups in total. The number of hydrogen-bond donors (Lipinski definition) is 1. The molecular weight excluding hydrogens is 242 g/mol. The van der Waals surface area contributed by atoms with E-state index in [0.29, 0.717) is 17.0 Å². The van der Waals surface area contributed by atoms with E-state index in [9.17, 15) is 9.90 Å². The molecule has 98 valence electrons. The van der Waals surface area contributed by atoms with E-state index in [0.717, 1.165) is 0 Å². The molecule has 0 radical (unpaired) electrons. The summed E-state index contributed by atoms with van der Waals surface area (Å²) in [6, 6.07) is 13.5. The van der Waals surface area contributed by atoms with Crippen molar-refractivity contribution in [3.8, 4) is 11.5 Å². The van der Waals surface area contributed by atoms with Crippen LogP contribution in [0.4, 0.5) is 5.69 Å². The molecule has 19 heavy (non-hydrogen) atoms. The van der Waals surface area contributed by atoms with Crippen LogP contribution in [-0.4, -0.2) is 25.2 Å². The topological polar surface area (TPSA) is 49.8 Å². The van der Waals surface area contributed by atoms with Crippen LogP contribution in [0.2, 0.25) is 0 Å². The van der Waals surface area contributed by atoms with Crippen LogP contribution in [0, 0.1) is 0 Å². The van der Waals surface area contributed by atoms with E-state index in [1.165, 1.54) is 12.0 Å². The Morgan fingerprint density at radius 2 is 1.74 bits per heavy atom. The Kier molecular flexibility index (Phi) is 3.71. The lowest BCUT2D eigenvalue weighted by atomic mass is 10.1. The van der Waals surface area contributed by atoms with Gasteiger partial charge in [-0.1, -0.05) is 12.1 Å². The Morgan fingerprint density at radius 3 is 2.37 bits per heavy atom. The summed E-state index contributed by atoms with van der Waals surface area (Å²) in [6.45, 7) is 0. The van der Waals surface area contributed by atoms with Crippen LogP contribution in [0.1, 0.15) is 10.4 Å². The average molecular weight is 257 g/mol. The molecule has 0 fully saturated rings. The zero-order valence-electron chi connectivity index (χ0n) is 10.8. The fraction of sp³-hybridized carbons (Fsp3) is 0.133. The van der Waals surface area contributed by atoms with Crippen molar-refractivity contribution < 1.29 is 14.6 Å². The summed E-state index contributed by atoms with van der Waals surface area (Å²) in [7, 11) is 3.22. The van der Waals surface area contributed by atoms with Crippen molar-refractivity contribution in [2.24, 2.45) is 0 Å². The number of anilines is 1. The fourth-order valence-electron chi connectivity index (χ4n) is 1.80. The van der Waals surface area contributed by atoms with Crippen molar-refractivity contribution in [2.75, 3.05) is 19.1 Å².